The van der Waals surface area contributed by atoms with Crippen molar-refractivity contribution in [3.8, 4) is 0 Å². The highest BCUT2D eigenvalue weighted by atomic mass is 31.1. The van der Waals surface area contributed by atoms with Crippen molar-refractivity contribution in [2.75, 3.05) is 10.6 Å². The van der Waals surface area contributed by atoms with E-state index in [9.17, 15) is 9.13 Å². The lowest BCUT2D eigenvalue weighted by Gasteiger charge is -2.23. The molecular weight excluding hydrogens is 554 g/mol. The Labute approximate surface area is 246 Å². The summed E-state index contributed by atoms with van der Waals surface area (Å²) >= 11 is 0. The molecule has 0 bridgehead atoms. The van der Waals surface area contributed by atoms with E-state index in [1.165, 1.54) is 22.3 Å². The summed E-state index contributed by atoms with van der Waals surface area (Å²) < 4.78 is 29.6. The third-order valence-corrected chi connectivity index (χ3v) is 12.8. The van der Waals surface area contributed by atoms with Crippen molar-refractivity contribution in [3.63, 3.8) is 0 Å². The number of anilines is 4. The fourth-order valence-corrected chi connectivity index (χ4v) is 10.3. The summed E-state index contributed by atoms with van der Waals surface area (Å²) in [6, 6.07) is 17.0. The Bertz CT molecular complexity index is 1930. The SMILES string of the molecule is O=[PH]1c2cc3c(cc2Nc2cc4c(cc2[PH](=O)c2cc5c(cc2Nc2cc6c(cc21)CC=C6)CC=C5)CC=C4)CC=C3. The van der Waals surface area contributed by atoms with E-state index < -0.39 is 15.6 Å². The van der Waals surface area contributed by atoms with Gasteiger partial charge >= 0.3 is 0 Å². The largest absolute Gasteiger partial charge is 0.354 e. The lowest BCUT2D eigenvalue weighted by atomic mass is 10.1. The van der Waals surface area contributed by atoms with Crippen molar-refractivity contribution in [1.29, 1.82) is 0 Å². The van der Waals surface area contributed by atoms with Crippen LogP contribution in [-0.2, 0) is 34.8 Å². The van der Waals surface area contributed by atoms with Gasteiger partial charge in [-0.3, -0.25) is 0 Å². The molecule has 4 aliphatic carbocycles. The van der Waals surface area contributed by atoms with Crippen molar-refractivity contribution in [2.24, 2.45) is 0 Å². The minimum absolute atomic E-state index is 0.805. The third-order valence-electron chi connectivity index (χ3n) is 9.18. The van der Waals surface area contributed by atoms with Crippen LogP contribution < -0.4 is 31.9 Å². The lowest BCUT2D eigenvalue weighted by molar-refractivity contribution is 0.597. The monoisotopic (exact) mass is 582 g/mol. The molecule has 0 fully saturated rings. The molecule has 2 N–H and O–H groups in total. The fraction of sp³-hybridized carbons (Fsp3) is 0.111. The summed E-state index contributed by atoms with van der Waals surface area (Å²) in [7, 11) is -4.89. The Balaban J connectivity index is 1.34. The van der Waals surface area contributed by atoms with Crippen LogP contribution in [0.15, 0.2) is 72.8 Å². The van der Waals surface area contributed by atoms with E-state index in [0.717, 1.165) is 91.9 Å². The van der Waals surface area contributed by atoms with Crippen LogP contribution in [0.5, 0.6) is 0 Å². The summed E-state index contributed by atoms with van der Waals surface area (Å²) in [5, 5.41) is 10.6. The van der Waals surface area contributed by atoms with E-state index in [1.54, 1.807) is 0 Å². The number of nitrogens with one attached hydrogen (secondary N) is 2. The van der Waals surface area contributed by atoms with Gasteiger partial charge in [-0.1, -0.05) is 48.6 Å². The Kier molecular flexibility index (Phi) is 5.37. The minimum Gasteiger partial charge on any atom is -0.354 e. The van der Waals surface area contributed by atoms with E-state index in [0.29, 0.717) is 0 Å². The second-order valence-electron chi connectivity index (χ2n) is 11.7. The van der Waals surface area contributed by atoms with Gasteiger partial charge in [0.1, 0.15) is 15.6 Å². The molecule has 4 nitrogen and oxygen atoms in total. The Morgan fingerprint density at radius 1 is 0.405 bits per heavy atom. The highest BCUT2D eigenvalue weighted by Gasteiger charge is 2.27. The lowest BCUT2D eigenvalue weighted by Crippen LogP contribution is -2.22. The molecule has 1 aliphatic heterocycles. The van der Waals surface area contributed by atoms with Crippen LogP contribution >= 0.6 is 15.6 Å². The van der Waals surface area contributed by atoms with E-state index >= 15 is 0 Å². The van der Waals surface area contributed by atoms with Crippen LogP contribution in [0, 0.1) is 0 Å². The van der Waals surface area contributed by atoms with Crippen molar-refractivity contribution in [3.05, 3.63) is 117 Å². The van der Waals surface area contributed by atoms with Crippen molar-refractivity contribution >= 4 is 83.9 Å². The average Bonchev–Trinajstić information content (AvgIpc) is 3.81. The molecule has 2 unspecified atom stereocenters. The molecule has 42 heavy (non-hydrogen) atoms. The van der Waals surface area contributed by atoms with Crippen molar-refractivity contribution < 1.29 is 9.13 Å². The quantitative estimate of drug-likeness (QED) is 0.198. The molecule has 0 spiro atoms. The summed E-state index contributed by atoms with van der Waals surface area (Å²) in [5.74, 6) is 0. The van der Waals surface area contributed by atoms with Gasteiger partial charge in [-0.05, 0) is 119 Å². The topological polar surface area (TPSA) is 58.2 Å². The molecule has 0 saturated carbocycles. The van der Waals surface area contributed by atoms with Crippen LogP contribution in [-0.4, -0.2) is 0 Å². The number of hydrogen-bond acceptors (Lipinski definition) is 4. The highest BCUT2D eigenvalue weighted by molar-refractivity contribution is 7.62. The maximum absolute atomic E-state index is 14.8. The molecule has 2 atom stereocenters. The molecule has 4 aromatic carbocycles. The number of fused-ring (bicyclic) bond motifs is 8. The van der Waals surface area contributed by atoms with Gasteiger partial charge in [-0.2, -0.15) is 0 Å². The molecule has 0 amide bonds. The summed E-state index contributed by atoms with van der Waals surface area (Å²) in [6.45, 7) is 0. The van der Waals surface area contributed by atoms with Crippen LogP contribution in [0.25, 0.3) is 24.3 Å². The Morgan fingerprint density at radius 3 is 1.12 bits per heavy atom. The molecule has 9 rings (SSSR count). The number of rotatable bonds is 0. The minimum atomic E-state index is -2.45. The van der Waals surface area contributed by atoms with Gasteiger partial charge in [-0.25, -0.2) is 0 Å². The average molecular weight is 583 g/mol. The van der Waals surface area contributed by atoms with E-state index in [-0.39, 0.29) is 0 Å². The van der Waals surface area contributed by atoms with E-state index in [1.807, 2.05) is 0 Å². The molecule has 204 valence electrons. The van der Waals surface area contributed by atoms with Gasteiger partial charge in [0, 0.05) is 44.0 Å². The second kappa shape index (κ2) is 9.20. The Hall–Kier alpha value is -4.10. The summed E-state index contributed by atoms with van der Waals surface area (Å²) in [5.41, 5.74) is 12.7. The van der Waals surface area contributed by atoms with Gasteiger partial charge in [0.15, 0.2) is 0 Å². The van der Waals surface area contributed by atoms with Crippen LogP contribution in [0.4, 0.5) is 22.7 Å². The second-order valence-corrected chi connectivity index (χ2v) is 15.2. The Morgan fingerprint density at radius 2 is 0.714 bits per heavy atom. The van der Waals surface area contributed by atoms with Gasteiger partial charge in [0.25, 0.3) is 0 Å². The summed E-state index contributed by atoms with van der Waals surface area (Å²) in [6.07, 6.45) is 20.5. The summed E-state index contributed by atoms with van der Waals surface area (Å²) in [4.78, 5) is 0. The maximum atomic E-state index is 14.8. The van der Waals surface area contributed by atoms with Gasteiger partial charge < -0.3 is 19.8 Å². The zero-order valence-corrected chi connectivity index (χ0v) is 24.9. The molecule has 1 heterocycles. The first-order valence-electron chi connectivity index (χ1n) is 14.6. The first kappa shape index (κ1) is 24.5. The number of benzene rings is 4. The van der Waals surface area contributed by atoms with E-state index in [2.05, 4.69) is 108 Å². The van der Waals surface area contributed by atoms with E-state index in [4.69, 9.17) is 0 Å². The molecule has 0 saturated heterocycles. The number of allylic oxidation sites excluding steroid dienone is 4. The predicted octanol–water partition coefficient (Wildman–Crippen LogP) is 6.79. The van der Waals surface area contributed by atoms with Crippen molar-refractivity contribution in [2.45, 2.75) is 25.7 Å². The molecule has 0 radical (unpaired) electrons. The van der Waals surface area contributed by atoms with Crippen LogP contribution in [0.1, 0.15) is 44.5 Å². The third kappa shape index (κ3) is 3.76. The number of hydrogen-bond donors (Lipinski definition) is 2. The molecular formula is C36H28N2O2P2. The zero-order valence-electron chi connectivity index (χ0n) is 22.9. The highest BCUT2D eigenvalue weighted by Crippen LogP contribution is 2.40. The zero-order chi connectivity index (χ0) is 27.9. The maximum Gasteiger partial charge on any atom is 0.135 e. The fourth-order valence-electron chi connectivity index (χ4n) is 6.97. The van der Waals surface area contributed by atoms with Crippen LogP contribution in [0.2, 0.25) is 0 Å². The normalized spacial score (nSPS) is 19.7. The molecule has 0 aromatic heterocycles. The molecule has 4 aromatic rings. The van der Waals surface area contributed by atoms with Gasteiger partial charge in [-0.15, -0.1) is 0 Å². The smallest absolute Gasteiger partial charge is 0.135 e. The van der Waals surface area contributed by atoms with Gasteiger partial charge in [0.2, 0.25) is 0 Å². The first-order valence-corrected chi connectivity index (χ1v) is 17.4. The first-order chi connectivity index (χ1) is 20.6. The van der Waals surface area contributed by atoms with Gasteiger partial charge in [0.05, 0.1) is 0 Å². The van der Waals surface area contributed by atoms with Crippen LogP contribution in [0.3, 0.4) is 0 Å². The molecule has 6 heteroatoms. The standard InChI is InChI=1S/C36H28N2O2P2/c39-41-33-17-25-9-1-5-21(25)13-29(33)37-30-14-22-6-2-11-27(22)19-35(30)42(40)36-20-28-12-4-8-24(28)16-32(36)38-31-15-23-7-3-10-26(23)18-34(31)41/h1-5,8,10-11,13-20,37-38,41-42H,6-7,9,12H2. The van der Waals surface area contributed by atoms with Crippen molar-refractivity contribution in [1.82, 2.24) is 0 Å². The molecule has 5 aliphatic rings. The predicted molar refractivity (Wildman–Crippen MR) is 180 cm³/mol.